The molecule has 2 saturated heterocycles. The van der Waals surface area contributed by atoms with Crippen molar-refractivity contribution in [2.45, 2.75) is 88.7 Å². The van der Waals surface area contributed by atoms with Gasteiger partial charge in [0.2, 0.25) is 11.8 Å². The highest BCUT2D eigenvalue weighted by molar-refractivity contribution is 6.31. The van der Waals surface area contributed by atoms with Crippen molar-refractivity contribution in [1.29, 1.82) is 5.26 Å². The molecule has 1 N–H and O–H groups in total. The SMILES string of the molecule is N#Cc1ccc(OC2CCC(Oc3ccc(C(=O)N4CCC(N5Cc6cc7c(cc6C5)C(=O)N(C5CCC(=O)NC5=O)C7=O)CC4)cc3)CC2)cc1Cl. The predicted molar refractivity (Wildman–Crippen MR) is 191 cm³/mol. The lowest BCUT2D eigenvalue weighted by Gasteiger charge is -2.36. The first-order valence-corrected chi connectivity index (χ1v) is 18.6. The van der Waals surface area contributed by atoms with Crippen molar-refractivity contribution in [3.8, 4) is 17.6 Å². The lowest BCUT2D eigenvalue weighted by atomic mass is 9.95. The van der Waals surface area contributed by atoms with Crippen LogP contribution < -0.4 is 14.8 Å². The van der Waals surface area contributed by atoms with Crippen LogP contribution in [-0.4, -0.2) is 81.6 Å². The summed E-state index contributed by atoms with van der Waals surface area (Å²) in [5.74, 6) is -0.613. The molecule has 3 aromatic carbocycles. The van der Waals surface area contributed by atoms with E-state index in [1.54, 1.807) is 30.3 Å². The molecule has 272 valence electrons. The summed E-state index contributed by atoms with van der Waals surface area (Å²) in [7, 11) is 0. The molecule has 1 unspecified atom stereocenters. The summed E-state index contributed by atoms with van der Waals surface area (Å²) >= 11 is 6.15. The van der Waals surface area contributed by atoms with E-state index in [1.165, 1.54) is 0 Å². The Morgan fingerprint density at radius 1 is 0.774 bits per heavy atom. The van der Waals surface area contributed by atoms with Crippen molar-refractivity contribution in [3.05, 3.63) is 93.0 Å². The van der Waals surface area contributed by atoms with Gasteiger partial charge in [-0.15, -0.1) is 0 Å². The van der Waals surface area contributed by atoms with Gasteiger partial charge in [0.25, 0.3) is 17.7 Å². The van der Waals surface area contributed by atoms with Gasteiger partial charge in [0, 0.05) is 50.3 Å². The maximum atomic E-state index is 13.4. The largest absolute Gasteiger partial charge is 0.490 e. The Balaban J connectivity index is 0.801. The lowest BCUT2D eigenvalue weighted by molar-refractivity contribution is -0.136. The zero-order chi connectivity index (χ0) is 36.8. The number of hydrogen-bond donors (Lipinski definition) is 1. The van der Waals surface area contributed by atoms with Gasteiger partial charge in [-0.2, -0.15) is 5.26 Å². The van der Waals surface area contributed by atoms with Gasteiger partial charge in [0.15, 0.2) is 0 Å². The summed E-state index contributed by atoms with van der Waals surface area (Å²) in [5.41, 5.74) is 3.64. The van der Waals surface area contributed by atoms with Crippen molar-refractivity contribution in [2.24, 2.45) is 0 Å². The highest BCUT2D eigenvalue weighted by Crippen LogP contribution is 2.36. The summed E-state index contributed by atoms with van der Waals surface area (Å²) in [6.45, 7) is 2.54. The topological polar surface area (TPSA) is 149 Å². The zero-order valence-electron chi connectivity index (χ0n) is 29.0. The number of rotatable bonds is 7. The van der Waals surface area contributed by atoms with Gasteiger partial charge in [-0.3, -0.25) is 39.1 Å². The van der Waals surface area contributed by atoms with Gasteiger partial charge in [-0.1, -0.05) is 11.6 Å². The first-order valence-electron chi connectivity index (χ1n) is 18.2. The molecule has 0 spiro atoms. The minimum absolute atomic E-state index is 0.00529. The third kappa shape index (κ3) is 6.87. The fraction of sp³-hybridized carbons (Fsp3) is 0.400. The van der Waals surface area contributed by atoms with E-state index in [0.717, 1.165) is 60.3 Å². The van der Waals surface area contributed by atoms with Crippen molar-refractivity contribution in [3.63, 3.8) is 0 Å². The van der Waals surface area contributed by atoms with Crippen LogP contribution in [0.3, 0.4) is 0 Å². The number of amides is 5. The van der Waals surface area contributed by atoms with Crippen LogP contribution in [-0.2, 0) is 22.7 Å². The van der Waals surface area contributed by atoms with E-state index in [-0.39, 0.29) is 37.0 Å². The highest BCUT2D eigenvalue weighted by atomic mass is 35.5. The van der Waals surface area contributed by atoms with E-state index in [1.807, 2.05) is 29.2 Å². The number of benzene rings is 3. The number of fused-ring (bicyclic) bond motifs is 2. The molecule has 4 aliphatic heterocycles. The Hall–Kier alpha value is -5.25. The fourth-order valence-corrected chi connectivity index (χ4v) is 8.47. The molecule has 3 fully saturated rings. The molecule has 4 heterocycles. The molecule has 0 aromatic heterocycles. The van der Waals surface area contributed by atoms with Crippen LogP contribution >= 0.6 is 11.6 Å². The van der Waals surface area contributed by atoms with Gasteiger partial charge < -0.3 is 14.4 Å². The number of carbonyl (C=O) groups excluding carboxylic acids is 5. The molecule has 12 nitrogen and oxygen atoms in total. The van der Waals surface area contributed by atoms with E-state index in [9.17, 15) is 24.0 Å². The normalized spacial score (nSPS) is 23.4. The average molecular weight is 736 g/mol. The lowest BCUT2D eigenvalue weighted by Crippen LogP contribution is -2.54. The molecule has 1 saturated carbocycles. The molecular formula is C40H38ClN5O7. The van der Waals surface area contributed by atoms with Crippen molar-refractivity contribution < 1.29 is 33.4 Å². The second kappa shape index (κ2) is 14.3. The Morgan fingerprint density at radius 3 is 1.92 bits per heavy atom. The Bertz CT molecular complexity index is 2000. The third-order valence-corrected chi connectivity index (χ3v) is 11.5. The van der Waals surface area contributed by atoms with E-state index in [0.29, 0.717) is 59.2 Å². The highest BCUT2D eigenvalue weighted by Gasteiger charge is 2.45. The molecule has 1 atom stereocenters. The number of hydrogen-bond acceptors (Lipinski definition) is 9. The van der Waals surface area contributed by atoms with Crippen LogP contribution in [0.5, 0.6) is 11.5 Å². The zero-order valence-corrected chi connectivity index (χ0v) is 29.8. The number of piperidine rings is 2. The molecule has 1 aliphatic carbocycles. The summed E-state index contributed by atoms with van der Waals surface area (Å²) < 4.78 is 12.3. The fourth-order valence-electron chi connectivity index (χ4n) is 8.26. The Labute approximate surface area is 311 Å². The third-order valence-electron chi connectivity index (χ3n) is 11.2. The monoisotopic (exact) mass is 735 g/mol. The molecule has 5 amide bonds. The number of halogens is 1. The Kier molecular flexibility index (Phi) is 9.39. The van der Waals surface area contributed by atoms with Crippen LogP contribution in [0.1, 0.15) is 99.1 Å². The molecule has 3 aromatic rings. The second-order valence-electron chi connectivity index (χ2n) is 14.5. The summed E-state index contributed by atoms with van der Waals surface area (Å²) in [4.78, 5) is 69.3. The minimum Gasteiger partial charge on any atom is -0.490 e. The van der Waals surface area contributed by atoms with E-state index in [4.69, 9.17) is 26.3 Å². The predicted octanol–water partition coefficient (Wildman–Crippen LogP) is 5.00. The Morgan fingerprint density at radius 2 is 1.36 bits per heavy atom. The van der Waals surface area contributed by atoms with Gasteiger partial charge in [0.1, 0.15) is 23.6 Å². The molecule has 53 heavy (non-hydrogen) atoms. The number of nitrogens with one attached hydrogen (secondary N) is 1. The number of carbonyl (C=O) groups is 5. The number of nitrogens with zero attached hydrogens (tertiary/aromatic N) is 4. The summed E-state index contributed by atoms with van der Waals surface area (Å²) in [6.07, 6.45) is 5.31. The van der Waals surface area contributed by atoms with Crippen LogP contribution in [0, 0.1) is 11.3 Å². The summed E-state index contributed by atoms with van der Waals surface area (Å²) in [5, 5.41) is 11.7. The van der Waals surface area contributed by atoms with E-state index in [2.05, 4.69) is 16.3 Å². The van der Waals surface area contributed by atoms with Crippen molar-refractivity contribution >= 4 is 41.1 Å². The van der Waals surface area contributed by atoms with E-state index >= 15 is 0 Å². The first-order chi connectivity index (χ1) is 25.6. The maximum Gasteiger partial charge on any atom is 0.262 e. The quantitative estimate of drug-likeness (QED) is 0.331. The first kappa shape index (κ1) is 34.8. The van der Waals surface area contributed by atoms with Crippen molar-refractivity contribution in [1.82, 2.24) is 20.0 Å². The van der Waals surface area contributed by atoms with Gasteiger partial charge in [0.05, 0.1) is 33.9 Å². The average Bonchev–Trinajstić information content (AvgIpc) is 3.69. The number of nitriles is 1. The number of ether oxygens (including phenoxy) is 2. The standard InChI is InChI=1S/C40H38ClN5O7/c41-34-19-31(6-3-24(34)20-42)53-30-9-7-29(8-10-30)52-28-4-1-23(2-5-28)38(49)44-15-13-27(14-16-44)45-21-25-17-32-33(18-26(25)22-45)40(51)46(39(32)50)35-11-12-36(47)43-37(35)48/h1-6,17-19,27,29-30,35H,7-16,21-22H2,(H,43,47,48). The second-order valence-corrected chi connectivity index (χ2v) is 14.9. The van der Waals surface area contributed by atoms with Crippen molar-refractivity contribution in [2.75, 3.05) is 13.1 Å². The molecular weight excluding hydrogens is 698 g/mol. The molecule has 13 heteroatoms. The van der Waals surface area contributed by atoms with Gasteiger partial charge in [-0.25, -0.2) is 0 Å². The maximum absolute atomic E-state index is 13.4. The van der Waals surface area contributed by atoms with Gasteiger partial charge in [-0.05, 0) is 105 Å². The number of likely N-dealkylation sites (tertiary alicyclic amines) is 1. The smallest absolute Gasteiger partial charge is 0.262 e. The molecule has 8 rings (SSSR count). The van der Waals surface area contributed by atoms with E-state index < -0.39 is 29.7 Å². The van der Waals surface area contributed by atoms with Gasteiger partial charge >= 0.3 is 0 Å². The molecule has 0 bridgehead atoms. The summed E-state index contributed by atoms with van der Waals surface area (Å²) in [6, 6.07) is 17.4. The number of imide groups is 2. The minimum atomic E-state index is -0.980. The van der Waals surface area contributed by atoms with Crippen LogP contribution in [0.4, 0.5) is 0 Å². The molecule has 5 aliphatic rings. The van der Waals surface area contributed by atoms with Crippen LogP contribution in [0.15, 0.2) is 54.6 Å². The van der Waals surface area contributed by atoms with Crippen LogP contribution in [0.2, 0.25) is 5.02 Å². The molecule has 0 radical (unpaired) electrons. The van der Waals surface area contributed by atoms with Crippen LogP contribution in [0.25, 0.3) is 0 Å².